The van der Waals surface area contributed by atoms with Gasteiger partial charge in [0.2, 0.25) is 0 Å². The topological polar surface area (TPSA) is 9.23 Å². The average Bonchev–Trinajstić information content (AvgIpc) is 1.88. The molecular weight excluding hydrogens is 171 g/mol. The van der Waals surface area contributed by atoms with Crippen molar-refractivity contribution < 1.29 is 4.74 Å². The summed E-state index contributed by atoms with van der Waals surface area (Å²) in [6.07, 6.45) is 0. The van der Waals surface area contributed by atoms with Crippen molar-refractivity contribution in [1.29, 1.82) is 0 Å². The Labute approximate surface area is 109 Å². The van der Waals surface area contributed by atoms with Gasteiger partial charge in [-0.1, -0.05) is 6.07 Å². The van der Waals surface area contributed by atoms with Gasteiger partial charge in [-0.3, -0.25) is 0 Å². The summed E-state index contributed by atoms with van der Waals surface area (Å²) in [4.78, 5) is 0.925. The first-order valence-corrected chi connectivity index (χ1v) is 3.10. The van der Waals surface area contributed by atoms with Crippen LogP contribution < -0.4 is 4.74 Å². The molecule has 10 heavy (non-hydrogen) atoms. The Kier molecular flexibility index (Phi) is 6.20. The van der Waals surface area contributed by atoms with Gasteiger partial charge in [0.15, 0.2) is 0 Å². The fraction of sp³-hybridized carbons (Fsp3) is 0.143. The Morgan fingerprint density at radius 2 is 2.10 bits per heavy atom. The third kappa shape index (κ3) is 3.41. The normalized spacial score (nSPS) is 8.20. The maximum atomic E-state index is 4.95. The maximum Gasteiger partial charge on any atom is 0.119 e. The van der Waals surface area contributed by atoms with E-state index in [0.717, 1.165) is 10.6 Å². The third-order valence-corrected chi connectivity index (χ3v) is 1.33. The first-order chi connectivity index (χ1) is 4.33. The molecule has 1 aromatic carbocycles. The number of methoxy groups -OCH3 is 1. The van der Waals surface area contributed by atoms with Crippen LogP contribution in [0, 0.1) is 0 Å². The number of hydrogen-bond donors (Lipinski definition) is 1. The summed E-state index contributed by atoms with van der Waals surface area (Å²) in [5.41, 5.74) is 0. The smallest absolute Gasteiger partial charge is 0.119 e. The van der Waals surface area contributed by atoms with Crippen LogP contribution in [0.1, 0.15) is 0 Å². The van der Waals surface area contributed by atoms with Crippen LogP contribution in [0.5, 0.6) is 5.75 Å². The van der Waals surface area contributed by atoms with Crippen molar-refractivity contribution >= 4 is 64.0 Å². The van der Waals surface area contributed by atoms with Gasteiger partial charge in [-0.15, -0.1) is 12.6 Å². The van der Waals surface area contributed by atoms with Crippen molar-refractivity contribution in [3.05, 3.63) is 24.3 Å². The molecule has 0 fully saturated rings. The largest absolute Gasteiger partial charge is 0.497 e. The molecule has 0 heterocycles. The van der Waals surface area contributed by atoms with E-state index in [0.29, 0.717) is 0 Å². The van der Waals surface area contributed by atoms with E-state index in [1.807, 2.05) is 24.3 Å². The summed E-state index contributed by atoms with van der Waals surface area (Å²) in [5.74, 6) is 0.850. The Bertz CT molecular complexity index is 203. The first-order valence-electron chi connectivity index (χ1n) is 2.66. The van der Waals surface area contributed by atoms with Crippen molar-refractivity contribution in [2.75, 3.05) is 7.11 Å². The second-order valence-electron chi connectivity index (χ2n) is 1.70. The number of thiol groups is 1. The molecular formula is C7H8KOS. The van der Waals surface area contributed by atoms with E-state index < -0.39 is 0 Å². The molecule has 1 radical (unpaired) electrons. The minimum atomic E-state index is 0. The zero-order valence-electron chi connectivity index (χ0n) is 6.16. The number of hydrogen-bond acceptors (Lipinski definition) is 2. The van der Waals surface area contributed by atoms with Gasteiger partial charge in [-0.05, 0) is 18.2 Å². The molecule has 1 rings (SSSR count). The molecule has 0 N–H and O–H groups in total. The van der Waals surface area contributed by atoms with Gasteiger partial charge in [-0.2, -0.15) is 0 Å². The molecule has 0 unspecified atom stereocenters. The zero-order chi connectivity index (χ0) is 6.69. The standard InChI is InChI=1S/C7H8OS.K/c1-8-6-3-2-4-7(9)5-6;/h2-5,9H,1H3;. The van der Waals surface area contributed by atoms with Crippen molar-refractivity contribution in [1.82, 2.24) is 0 Å². The second kappa shape index (κ2) is 5.63. The van der Waals surface area contributed by atoms with Crippen molar-refractivity contribution in [3.8, 4) is 5.75 Å². The van der Waals surface area contributed by atoms with E-state index in [1.54, 1.807) is 7.11 Å². The van der Waals surface area contributed by atoms with Crippen molar-refractivity contribution in [3.63, 3.8) is 0 Å². The van der Waals surface area contributed by atoms with E-state index in [4.69, 9.17) is 4.74 Å². The number of ether oxygens (including phenoxy) is 1. The Morgan fingerprint density at radius 3 is 2.50 bits per heavy atom. The molecule has 49 valence electrons. The van der Waals surface area contributed by atoms with Crippen LogP contribution >= 0.6 is 12.6 Å². The van der Waals surface area contributed by atoms with E-state index in [9.17, 15) is 0 Å². The molecule has 0 atom stereocenters. The fourth-order valence-corrected chi connectivity index (χ4v) is 0.824. The molecule has 0 spiro atoms. The van der Waals surface area contributed by atoms with Crippen molar-refractivity contribution in [2.45, 2.75) is 4.90 Å². The van der Waals surface area contributed by atoms with Crippen LogP contribution in [0.2, 0.25) is 0 Å². The Balaban J connectivity index is 0.000000810. The van der Waals surface area contributed by atoms with Gasteiger partial charge in [0.05, 0.1) is 7.11 Å². The van der Waals surface area contributed by atoms with Gasteiger partial charge < -0.3 is 4.74 Å². The molecule has 0 aliphatic carbocycles. The molecule has 0 aliphatic heterocycles. The summed E-state index contributed by atoms with van der Waals surface area (Å²) in [6, 6.07) is 7.57. The van der Waals surface area contributed by atoms with Gasteiger partial charge in [0.25, 0.3) is 0 Å². The van der Waals surface area contributed by atoms with Crippen LogP contribution in [0.4, 0.5) is 0 Å². The van der Waals surface area contributed by atoms with Crippen molar-refractivity contribution in [2.24, 2.45) is 0 Å². The minimum Gasteiger partial charge on any atom is -0.497 e. The summed E-state index contributed by atoms with van der Waals surface area (Å²) in [7, 11) is 1.64. The molecule has 1 nitrogen and oxygen atoms in total. The summed E-state index contributed by atoms with van der Waals surface area (Å²) < 4.78 is 4.95. The molecule has 0 bridgehead atoms. The van der Waals surface area contributed by atoms with E-state index in [2.05, 4.69) is 12.6 Å². The third-order valence-electron chi connectivity index (χ3n) is 1.05. The van der Waals surface area contributed by atoms with Crippen LogP contribution in [0.15, 0.2) is 29.2 Å². The molecule has 0 saturated carbocycles. The first kappa shape index (κ1) is 11.0. The predicted molar refractivity (Wildman–Crippen MR) is 46.0 cm³/mol. The number of rotatable bonds is 1. The van der Waals surface area contributed by atoms with E-state index in [1.165, 1.54) is 0 Å². The monoisotopic (exact) mass is 179 g/mol. The van der Waals surface area contributed by atoms with Crippen LogP contribution in [-0.4, -0.2) is 58.5 Å². The van der Waals surface area contributed by atoms with E-state index in [-0.39, 0.29) is 51.4 Å². The van der Waals surface area contributed by atoms with Gasteiger partial charge >= 0.3 is 0 Å². The van der Waals surface area contributed by atoms with Gasteiger partial charge in [-0.25, -0.2) is 0 Å². The molecule has 3 heteroatoms. The predicted octanol–water partition coefficient (Wildman–Crippen LogP) is 1.60. The van der Waals surface area contributed by atoms with E-state index >= 15 is 0 Å². The van der Waals surface area contributed by atoms with Gasteiger partial charge in [0, 0.05) is 56.3 Å². The Morgan fingerprint density at radius 1 is 1.40 bits per heavy atom. The number of benzene rings is 1. The van der Waals surface area contributed by atoms with Crippen LogP contribution in [-0.2, 0) is 0 Å². The zero-order valence-corrected chi connectivity index (χ0v) is 10.2. The SMILES string of the molecule is COc1cccc(S)c1.[K]. The summed E-state index contributed by atoms with van der Waals surface area (Å²) in [6.45, 7) is 0. The molecule has 0 amide bonds. The van der Waals surface area contributed by atoms with Gasteiger partial charge in [0.1, 0.15) is 5.75 Å². The fourth-order valence-electron chi connectivity index (χ4n) is 0.610. The Hall–Kier alpha value is 1.01. The molecule has 0 saturated heterocycles. The molecule has 0 aliphatic rings. The summed E-state index contributed by atoms with van der Waals surface area (Å²) >= 11 is 4.13. The van der Waals surface area contributed by atoms with Crippen LogP contribution in [0.3, 0.4) is 0 Å². The molecule has 1 aromatic rings. The molecule has 0 aromatic heterocycles. The minimum absolute atomic E-state index is 0. The second-order valence-corrected chi connectivity index (χ2v) is 2.22. The van der Waals surface area contributed by atoms with Crippen LogP contribution in [0.25, 0.3) is 0 Å². The average molecular weight is 179 g/mol. The quantitative estimate of drug-likeness (QED) is 0.509. The maximum absolute atomic E-state index is 4.95. The summed E-state index contributed by atoms with van der Waals surface area (Å²) in [5, 5.41) is 0.